The van der Waals surface area contributed by atoms with Gasteiger partial charge in [0.15, 0.2) is 0 Å². The molecular weight excluding hydrogens is 268 g/mol. The Labute approximate surface area is 116 Å². The van der Waals surface area contributed by atoms with Gasteiger partial charge in [0.1, 0.15) is 0 Å². The number of hydrogen-bond acceptors (Lipinski definition) is 3. The number of carbonyl (C=O) groups excluding carboxylic acids is 1. The second kappa shape index (κ2) is 5.09. The van der Waals surface area contributed by atoms with Crippen LogP contribution in [0.25, 0.3) is 0 Å². The van der Waals surface area contributed by atoms with Crippen LogP contribution in [0.5, 0.6) is 0 Å². The lowest BCUT2D eigenvalue weighted by molar-refractivity contribution is -0.142. The van der Waals surface area contributed by atoms with Gasteiger partial charge in [-0.3, -0.25) is 9.59 Å². The van der Waals surface area contributed by atoms with Crippen LogP contribution in [0.15, 0.2) is 18.2 Å². The van der Waals surface area contributed by atoms with Crippen LogP contribution >= 0.6 is 11.6 Å². The molecule has 0 aliphatic carbocycles. The molecule has 102 valence electrons. The molecular formula is C13H15ClN2O3. The van der Waals surface area contributed by atoms with E-state index in [0.717, 1.165) is 0 Å². The summed E-state index contributed by atoms with van der Waals surface area (Å²) in [6.45, 7) is 2.81. The molecule has 0 aromatic heterocycles. The highest BCUT2D eigenvalue weighted by Crippen LogP contribution is 2.33. The first-order valence-electron chi connectivity index (χ1n) is 5.98. The quantitative estimate of drug-likeness (QED) is 0.882. The fourth-order valence-corrected chi connectivity index (χ4v) is 2.77. The first-order chi connectivity index (χ1) is 8.91. The number of benzene rings is 1. The Bertz CT molecular complexity index is 533. The summed E-state index contributed by atoms with van der Waals surface area (Å²) in [5.74, 6) is -1.86. The summed E-state index contributed by atoms with van der Waals surface area (Å²) in [5.41, 5.74) is 6.21. The maximum absolute atomic E-state index is 11.5. The number of hydrogen-bond donors (Lipinski definition) is 2. The standard InChI is InChI=1S/C13H15ClN2O3/c1-7-5-16(6-8(7)13(18)19)10-4-2-3-9(14)11(10)12(15)17/h2-4,7-8H,5-6H2,1H3,(H2,15,17)(H,18,19)/t7-,8-/m1/s1. The zero-order valence-corrected chi connectivity index (χ0v) is 11.2. The zero-order valence-electron chi connectivity index (χ0n) is 10.5. The molecule has 1 aromatic rings. The molecule has 1 amide bonds. The topological polar surface area (TPSA) is 83.6 Å². The summed E-state index contributed by atoms with van der Waals surface area (Å²) in [5, 5.41) is 9.43. The molecule has 0 unspecified atom stereocenters. The van der Waals surface area contributed by atoms with Gasteiger partial charge >= 0.3 is 5.97 Å². The van der Waals surface area contributed by atoms with Crippen molar-refractivity contribution in [3.63, 3.8) is 0 Å². The van der Waals surface area contributed by atoms with Crippen LogP contribution in [0, 0.1) is 11.8 Å². The second-order valence-electron chi connectivity index (χ2n) is 4.83. The predicted octanol–water partition coefficient (Wildman–Crippen LogP) is 1.60. The number of nitrogens with zero attached hydrogens (tertiary/aromatic N) is 1. The molecule has 1 fully saturated rings. The Morgan fingerprint density at radius 3 is 2.63 bits per heavy atom. The minimum absolute atomic E-state index is 0.0113. The molecule has 2 atom stereocenters. The lowest BCUT2D eigenvalue weighted by atomic mass is 9.99. The monoisotopic (exact) mass is 282 g/mol. The minimum atomic E-state index is -0.822. The number of carboxylic acid groups (broad SMARTS) is 1. The third-order valence-corrected chi connectivity index (χ3v) is 3.82. The van der Waals surface area contributed by atoms with Crippen molar-refractivity contribution < 1.29 is 14.7 Å². The van der Waals surface area contributed by atoms with Gasteiger partial charge in [0, 0.05) is 13.1 Å². The number of rotatable bonds is 3. The molecule has 1 heterocycles. The van der Waals surface area contributed by atoms with Gasteiger partial charge in [-0.15, -0.1) is 0 Å². The number of anilines is 1. The second-order valence-corrected chi connectivity index (χ2v) is 5.23. The Morgan fingerprint density at radius 2 is 2.11 bits per heavy atom. The van der Waals surface area contributed by atoms with Gasteiger partial charge in [-0.1, -0.05) is 24.6 Å². The van der Waals surface area contributed by atoms with Crippen molar-refractivity contribution in [1.82, 2.24) is 0 Å². The van der Waals surface area contributed by atoms with E-state index in [1.807, 2.05) is 11.8 Å². The molecule has 2 rings (SSSR count). The van der Waals surface area contributed by atoms with Crippen molar-refractivity contribution in [3.8, 4) is 0 Å². The van der Waals surface area contributed by atoms with Gasteiger partial charge in [-0.25, -0.2) is 0 Å². The van der Waals surface area contributed by atoms with Crippen molar-refractivity contribution in [1.29, 1.82) is 0 Å². The first-order valence-corrected chi connectivity index (χ1v) is 6.35. The van der Waals surface area contributed by atoms with Crippen molar-refractivity contribution in [3.05, 3.63) is 28.8 Å². The Kier molecular flexibility index (Phi) is 3.66. The highest BCUT2D eigenvalue weighted by Gasteiger charge is 2.36. The molecule has 6 heteroatoms. The third kappa shape index (κ3) is 2.51. The predicted molar refractivity (Wildman–Crippen MR) is 72.5 cm³/mol. The molecule has 3 N–H and O–H groups in total. The number of amides is 1. The molecule has 5 nitrogen and oxygen atoms in total. The smallest absolute Gasteiger partial charge is 0.308 e. The Morgan fingerprint density at radius 1 is 1.42 bits per heavy atom. The van der Waals surface area contributed by atoms with Crippen molar-refractivity contribution in [2.75, 3.05) is 18.0 Å². The molecule has 0 spiro atoms. The number of carboxylic acids is 1. The van der Waals surface area contributed by atoms with Crippen LogP contribution in [0.3, 0.4) is 0 Å². The van der Waals surface area contributed by atoms with E-state index in [9.17, 15) is 9.59 Å². The maximum atomic E-state index is 11.5. The molecule has 19 heavy (non-hydrogen) atoms. The summed E-state index contributed by atoms with van der Waals surface area (Å²) in [6.07, 6.45) is 0. The largest absolute Gasteiger partial charge is 0.481 e. The molecule has 0 saturated carbocycles. The van der Waals surface area contributed by atoms with Gasteiger partial charge in [0.25, 0.3) is 5.91 Å². The van der Waals surface area contributed by atoms with E-state index < -0.39 is 17.8 Å². The van der Waals surface area contributed by atoms with Crippen molar-refractivity contribution in [2.45, 2.75) is 6.92 Å². The molecule has 1 aliphatic rings. The van der Waals surface area contributed by atoms with Gasteiger partial charge < -0.3 is 15.7 Å². The number of aliphatic carboxylic acids is 1. The average molecular weight is 283 g/mol. The molecule has 0 bridgehead atoms. The van der Waals surface area contributed by atoms with Crippen LogP contribution in [0.1, 0.15) is 17.3 Å². The van der Waals surface area contributed by atoms with Crippen LogP contribution in [-0.4, -0.2) is 30.1 Å². The van der Waals surface area contributed by atoms with Gasteiger partial charge in [0.05, 0.1) is 22.2 Å². The number of carbonyl (C=O) groups is 2. The summed E-state index contributed by atoms with van der Waals surface area (Å²) in [4.78, 5) is 24.5. The van der Waals surface area contributed by atoms with Gasteiger partial charge in [-0.2, -0.15) is 0 Å². The fraction of sp³-hybridized carbons (Fsp3) is 0.385. The van der Waals surface area contributed by atoms with Crippen LogP contribution in [0.4, 0.5) is 5.69 Å². The summed E-state index contributed by atoms with van der Waals surface area (Å²) >= 11 is 5.99. The maximum Gasteiger partial charge on any atom is 0.308 e. The first kappa shape index (κ1) is 13.7. The van der Waals surface area contributed by atoms with Crippen LogP contribution < -0.4 is 10.6 Å². The van der Waals surface area contributed by atoms with E-state index in [2.05, 4.69) is 0 Å². The SMILES string of the molecule is C[C@@H]1CN(c2cccc(Cl)c2C(N)=O)C[C@H]1C(=O)O. The van der Waals surface area contributed by atoms with E-state index >= 15 is 0 Å². The normalized spacial score (nSPS) is 22.5. The Balaban J connectivity index is 2.37. The zero-order chi connectivity index (χ0) is 14.2. The van der Waals surface area contributed by atoms with E-state index in [1.165, 1.54) is 0 Å². The highest BCUT2D eigenvalue weighted by molar-refractivity contribution is 6.34. The number of halogens is 1. The van der Waals surface area contributed by atoms with Crippen molar-refractivity contribution >= 4 is 29.2 Å². The lowest BCUT2D eigenvalue weighted by Crippen LogP contribution is -2.26. The van der Waals surface area contributed by atoms with Gasteiger partial charge in [-0.05, 0) is 18.1 Å². The average Bonchev–Trinajstić information content (AvgIpc) is 2.70. The third-order valence-electron chi connectivity index (χ3n) is 3.51. The van der Waals surface area contributed by atoms with E-state index in [4.69, 9.17) is 22.4 Å². The van der Waals surface area contributed by atoms with Crippen LogP contribution in [0.2, 0.25) is 5.02 Å². The summed E-state index contributed by atoms with van der Waals surface area (Å²) in [6, 6.07) is 5.06. The molecule has 1 aromatic carbocycles. The van der Waals surface area contributed by atoms with E-state index in [-0.39, 0.29) is 16.5 Å². The summed E-state index contributed by atoms with van der Waals surface area (Å²) in [7, 11) is 0. The highest BCUT2D eigenvalue weighted by atomic mass is 35.5. The Hall–Kier alpha value is -1.75. The molecule has 1 saturated heterocycles. The fourth-order valence-electron chi connectivity index (χ4n) is 2.51. The molecule has 1 aliphatic heterocycles. The van der Waals surface area contributed by atoms with Gasteiger partial charge in [0.2, 0.25) is 0 Å². The van der Waals surface area contributed by atoms with Crippen LogP contribution in [-0.2, 0) is 4.79 Å². The van der Waals surface area contributed by atoms with E-state index in [1.54, 1.807) is 18.2 Å². The lowest BCUT2D eigenvalue weighted by Gasteiger charge is -2.21. The van der Waals surface area contributed by atoms with E-state index in [0.29, 0.717) is 18.8 Å². The molecule has 0 radical (unpaired) electrons. The minimum Gasteiger partial charge on any atom is -0.481 e. The summed E-state index contributed by atoms with van der Waals surface area (Å²) < 4.78 is 0. The number of nitrogens with two attached hydrogens (primary N) is 1. The van der Waals surface area contributed by atoms with Crippen molar-refractivity contribution in [2.24, 2.45) is 17.6 Å². The number of primary amides is 1.